The van der Waals surface area contributed by atoms with Crippen LogP contribution in [0.15, 0.2) is 18.3 Å². The molecule has 5 nitrogen and oxygen atoms in total. The number of hydrogen-bond acceptors (Lipinski definition) is 4. The normalized spacial score (nSPS) is 19.7. The van der Waals surface area contributed by atoms with Crippen LogP contribution in [0.25, 0.3) is 0 Å². The summed E-state index contributed by atoms with van der Waals surface area (Å²) in [4.78, 5) is 15.8. The monoisotopic (exact) mass is 221 g/mol. The minimum Gasteiger partial charge on any atom is -0.368 e. The van der Waals surface area contributed by atoms with Crippen LogP contribution in [0, 0.1) is 0 Å². The van der Waals surface area contributed by atoms with Gasteiger partial charge in [0.15, 0.2) is 0 Å². The van der Waals surface area contributed by atoms with Crippen molar-refractivity contribution in [2.24, 2.45) is 5.73 Å². The summed E-state index contributed by atoms with van der Waals surface area (Å²) in [6.07, 6.45) is 3.02. The van der Waals surface area contributed by atoms with Crippen LogP contribution in [-0.2, 0) is 16.1 Å². The molecule has 1 aliphatic rings. The van der Waals surface area contributed by atoms with Crippen LogP contribution < -0.4 is 11.1 Å². The van der Waals surface area contributed by atoms with Crippen molar-refractivity contribution in [3.63, 3.8) is 0 Å². The number of nitrogens with two attached hydrogens (primary N) is 1. The molecule has 1 aromatic heterocycles. The van der Waals surface area contributed by atoms with E-state index in [0.29, 0.717) is 19.0 Å². The number of anilines is 1. The van der Waals surface area contributed by atoms with E-state index in [9.17, 15) is 4.79 Å². The van der Waals surface area contributed by atoms with Gasteiger partial charge in [0.2, 0.25) is 0 Å². The summed E-state index contributed by atoms with van der Waals surface area (Å²) in [7, 11) is 0. The molecule has 86 valence electrons. The van der Waals surface area contributed by atoms with Crippen LogP contribution in [0.4, 0.5) is 5.82 Å². The summed E-state index contributed by atoms with van der Waals surface area (Å²) >= 11 is 0. The van der Waals surface area contributed by atoms with Crippen LogP contribution >= 0.6 is 0 Å². The highest BCUT2D eigenvalue weighted by Crippen LogP contribution is 2.14. The first-order valence-electron chi connectivity index (χ1n) is 5.37. The third-order valence-electron chi connectivity index (χ3n) is 2.53. The van der Waals surface area contributed by atoms with Gasteiger partial charge in [0.05, 0.1) is 0 Å². The molecule has 5 heteroatoms. The molecule has 1 atom stereocenters. The number of nitrogens with one attached hydrogen (secondary N) is 1. The number of carbonyl (C=O) groups excluding carboxylic acids is 1. The van der Waals surface area contributed by atoms with Crippen LogP contribution in [0.1, 0.15) is 18.4 Å². The molecule has 2 heterocycles. The lowest BCUT2D eigenvalue weighted by atomic mass is 10.2. The molecule has 16 heavy (non-hydrogen) atoms. The van der Waals surface area contributed by atoms with E-state index in [1.54, 1.807) is 12.3 Å². The second kappa shape index (κ2) is 5.05. The average Bonchev–Trinajstić information content (AvgIpc) is 2.83. The molecule has 0 spiro atoms. The van der Waals surface area contributed by atoms with E-state index in [0.717, 1.165) is 18.4 Å². The number of amides is 1. The van der Waals surface area contributed by atoms with Crippen molar-refractivity contribution >= 4 is 11.7 Å². The Morgan fingerprint density at radius 1 is 1.69 bits per heavy atom. The maximum absolute atomic E-state index is 11.7. The Morgan fingerprint density at radius 2 is 2.56 bits per heavy atom. The van der Waals surface area contributed by atoms with Crippen LogP contribution in [-0.4, -0.2) is 23.6 Å². The SMILES string of the molecule is NCc1ccnc(NC(=O)C2CCCO2)c1. The zero-order chi connectivity index (χ0) is 11.4. The number of pyridine rings is 1. The molecule has 1 saturated heterocycles. The lowest BCUT2D eigenvalue weighted by Crippen LogP contribution is -2.27. The summed E-state index contributed by atoms with van der Waals surface area (Å²) in [6, 6.07) is 3.59. The van der Waals surface area contributed by atoms with Gasteiger partial charge in [-0.05, 0) is 30.5 Å². The molecular formula is C11H15N3O2. The minimum atomic E-state index is -0.330. The highest BCUT2D eigenvalue weighted by Gasteiger charge is 2.23. The zero-order valence-corrected chi connectivity index (χ0v) is 8.98. The molecule has 0 saturated carbocycles. The van der Waals surface area contributed by atoms with Crippen LogP contribution in [0.3, 0.4) is 0 Å². The molecular weight excluding hydrogens is 206 g/mol. The van der Waals surface area contributed by atoms with Crippen molar-refractivity contribution in [3.8, 4) is 0 Å². The Morgan fingerprint density at radius 3 is 3.25 bits per heavy atom. The molecule has 2 rings (SSSR count). The molecule has 1 unspecified atom stereocenters. The number of nitrogens with zero attached hydrogens (tertiary/aromatic N) is 1. The van der Waals surface area contributed by atoms with Crippen molar-refractivity contribution in [1.82, 2.24) is 4.98 Å². The maximum atomic E-state index is 11.7. The molecule has 0 radical (unpaired) electrons. The van der Waals surface area contributed by atoms with Gasteiger partial charge in [-0.3, -0.25) is 4.79 Å². The molecule has 0 aliphatic carbocycles. The second-order valence-electron chi connectivity index (χ2n) is 3.74. The first kappa shape index (κ1) is 11.0. The third-order valence-corrected chi connectivity index (χ3v) is 2.53. The van der Waals surface area contributed by atoms with Gasteiger partial charge in [-0.1, -0.05) is 0 Å². The van der Waals surface area contributed by atoms with Gasteiger partial charge < -0.3 is 15.8 Å². The first-order valence-corrected chi connectivity index (χ1v) is 5.37. The molecule has 0 aromatic carbocycles. The van der Waals surface area contributed by atoms with Crippen molar-refractivity contribution in [1.29, 1.82) is 0 Å². The van der Waals surface area contributed by atoms with Gasteiger partial charge in [0.25, 0.3) is 5.91 Å². The predicted molar refractivity (Wildman–Crippen MR) is 59.7 cm³/mol. The Hall–Kier alpha value is -1.46. The summed E-state index contributed by atoms with van der Waals surface area (Å²) < 4.78 is 5.28. The summed E-state index contributed by atoms with van der Waals surface area (Å²) in [6.45, 7) is 1.10. The maximum Gasteiger partial charge on any atom is 0.254 e. The third kappa shape index (κ3) is 2.56. The Bertz CT molecular complexity index is 375. The van der Waals surface area contributed by atoms with Gasteiger partial charge in [-0.25, -0.2) is 4.98 Å². The second-order valence-corrected chi connectivity index (χ2v) is 3.74. The minimum absolute atomic E-state index is 0.126. The quantitative estimate of drug-likeness (QED) is 0.786. The van der Waals surface area contributed by atoms with E-state index in [-0.39, 0.29) is 12.0 Å². The molecule has 1 aliphatic heterocycles. The Labute approximate surface area is 94.0 Å². The van der Waals surface area contributed by atoms with Gasteiger partial charge in [-0.2, -0.15) is 0 Å². The lowest BCUT2D eigenvalue weighted by Gasteiger charge is -2.10. The van der Waals surface area contributed by atoms with E-state index >= 15 is 0 Å². The van der Waals surface area contributed by atoms with E-state index in [1.165, 1.54) is 0 Å². The van der Waals surface area contributed by atoms with Gasteiger partial charge in [0.1, 0.15) is 11.9 Å². The van der Waals surface area contributed by atoms with Gasteiger partial charge in [0, 0.05) is 19.3 Å². The average molecular weight is 221 g/mol. The number of ether oxygens (including phenoxy) is 1. The Balaban J connectivity index is 1.99. The molecule has 1 aromatic rings. The van der Waals surface area contributed by atoms with Crippen molar-refractivity contribution in [3.05, 3.63) is 23.9 Å². The Kier molecular flexibility index (Phi) is 3.48. The van der Waals surface area contributed by atoms with Crippen molar-refractivity contribution in [2.75, 3.05) is 11.9 Å². The first-order chi connectivity index (χ1) is 7.79. The zero-order valence-electron chi connectivity index (χ0n) is 8.98. The standard InChI is InChI=1S/C11H15N3O2/c12-7-8-3-4-13-10(6-8)14-11(15)9-2-1-5-16-9/h3-4,6,9H,1-2,5,7,12H2,(H,13,14,15). The fraction of sp³-hybridized carbons (Fsp3) is 0.455. The molecule has 0 bridgehead atoms. The largest absolute Gasteiger partial charge is 0.368 e. The molecule has 3 N–H and O–H groups in total. The fourth-order valence-corrected chi connectivity index (χ4v) is 1.66. The highest BCUT2D eigenvalue weighted by atomic mass is 16.5. The van der Waals surface area contributed by atoms with E-state index < -0.39 is 0 Å². The van der Waals surface area contributed by atoms with E-state index in [1.807, 2.05) is 6.07 Å². The van der Waals surface area contributed by atoms with E-state index in [2.05, 4.69) is 10.3 Å². The predicted octanol–water partition coefficient (Wildman–Crippen LogP) is 0.658. The van der Waals surface area contributed by atoms with Crippen LogP contribution in [0.2, 0.25) is 0 Å². The number of aromatic nitrogens is 1. The topological polar surface area (TPSA) is 77.2 Å². The smallest absolute Gasteiger partial charge is 0.254 e. The summed E-state index contributed by atoms with van der Waals surface area (Å²) in [5.41, 5.74) is 6.45. The van der Waals surface area contributed by atoms with Gasteiger partial charge >= 0.3 is 0 Å². The summed E-state index contributed by atoms with van der Waals surface area (Å²) in [5, 5.41) is 2.73. The van der Waals surface area contributed by atoms with Crippen molar-refractivity contribution in [2.45, 2.75) is 25.5 Å². The van der Waals surface area contributed by atoms with E-state index in [4.69, 9.17) is 10.5 Å². The number of rotatable bonds is 3. The summed E-state index contributed by atoms with van der Waals surface area (Å²) in [5.74, 6) is 0.405. The number of hydrogen-bond donors (Lipinski definition) is 2. The van der Waals surface area contributed by atoms with Crippen LogP contribution in [0.5, 0.6) is 0 Å². The molecule has 1 fully saturated rings. The highest BCUT2D eigenvalue weighted by molar-refractivity contribution is 5.93. The fourth-order valence-electron chi connectivity index (χ4n) is 1.66. The van der Waals surface area contributed by atoms with Gasteiger partial charge in [-0.15, -0.1) is 0 Å². The number of carbonyl (C=O) groups is 1. The molecule has 1 amide bonds. The van der Waals surface area contributed by atoms with Crippen molar-refractivity contribution < 1.29 is 9.53 Å². The lowest BCUT2D eigenvalue weighted by molar-refractivity contribution is -0.124.